The fourth-order valence-corrected chi connectivity index (χ4v) is 8.36. The monoisotopic (exact) mass is 667 g/mol. The Bertz CT molecular complexity index is 2460. The van der Waals surface area contributed by atoms with Crippen molar-refractivity contribution in [2.24, 2.45) is 0 Å². The molecular weight excluding hydrogens is 627 g/mol. The minimum absolute atomic E-state index is 0.151. The summed E-state index contributed by atoms with van der Waals surface area (Å²) in [6.45, 7) is 4.75. The van der Waals surface area contributed by atoms with Gasteiger partial charge in [0.05, 0.1) is 0 Å². The third-order valence-corrected chi connectivity index (χ3v) is 11.0. The second-order valence-corrected chi connectivity index (χ2v) is 14.5. The Morgan fingerprint density at radius 2 is 1.21 bits per heavy atom. The molecule has 0 bridgehead atoms. The lowest BCUT2D eigenvalue weighted by Gasteiger charge is -2.28. The Hall–Kier alpha value is -6.18. The summed E-state index contributed by atoms with van der Waals surface area (Å²) in [5, 5.41) is 2.64. The van der Waals surface area contributed by atoms with Gasteiger partial charge in [-0.15, -0.1) is 0 Å². The van der Waals surface area contributed by atoms with Crippen LogP contribution in [0.3, 0.4) is 0 Å². The lowest BCUT2D eigenvalue weighted by Crippen LogP contribution is -2.16. The highest BCUT2D eigenvalue weighted by atomic mass is 15.1. The highest BCUT2D eigenvalue weighted by molar-refractivity contribution is 6.04. The van der Waals surface area contributed by atoms with Gasteiger partial charge >= 0.3 is 0 Å². The molecule has 0 saturated carbocycles. The van der Waals surface area contributed by atoms with Gasteiger partial charge in [-0.05, 0) is 104 Å². The zero-order chi connectivity index (χ0) is 35.1. The summed E-state index contributed by atoms with van der Waals surface area (Å²) in [6, 6.07) is 57.6. The minimum atomic E-state index is -0.151. The second kappa shape index (κ2) is 13.2. The van der Waals surface area contributed by atoms with E-state index in [0.29, 0.717) is 5.92 Å². The first kappa shape index (κ1) is 31.8. The minimum Gasteiger partial charge on any atom is -0.310 e. The van der Waals surface area contributed by atoms with Crippen molar-refractivity contribution in [1.82, 2.24) is 0 Å². The van der Waals surface area contributed by atoms with Gasteiger partial charge in [-0.1, -0.05) is 172 Å². The Labute approximate surface area is 307 Å². The lowest BCUT2D eigenvalue weighted by molar-refractivity contribution is 0.660. The molecule has 1 nitrogen and oxygen atoms in total. The average Bonchev–Trinajstić information content (AvgIpc) is 3.43. The molecule has 7 aromatic carbocycles. The van der Waals surface area contributed by atoms with E-state index in [9.17, 15) is 0 Å². The number of nitrogens with zero attached hydrogens (tertiary/aromatic N) is 1. The summed E-state index contributed by atoms with van der Waals surface area (Å²) in [7, 11) is 0. The normalized spacial score (nSPS) is 15.5. The van der Waals surface area contributed by atoms with Gasteiger partial charge < -0.3 is 4.90 Å². The van der Waals surface area contributed by atoms with E-state index in [4.69, 9.17) is 0 Å². The van der Waals surface area contributed by atoms with E-state index >= 15 is 0 Å². The summed E-state index contributed by atoms with van der Waals surface area (Å²) in [4.78, 5) is 2.36. The van der Waals surface area contributed by atoms with Crippen LogP contribution in [0.1, 0.15) is 54.0 Å². The summed E-state index contributed by atoms with van der Waals surface area (Å²) >= 11 is 0. The number of para-hydroxylation sites is 2. The molecule has 1 heteroatoms. The Balaban J connectivity index is 1.10. The first-order valence-corrected chi connectivity index (χ1v) is 18.4. The molecule has 250 valence electrons. The average molecular weight is 668 g/mol. The van der Waals surface area contributed by atoms with E-state index in [-0.39, 0.29) is 5.41 Å². The molecule has 2 aliphatic rings. The van der Waals surface area contributed by atoms with E-state index in [1.165, 1.54) is 66.5 Å². The number of fused-ring (bicyclic) bond motifs is 4. The zero-order valence-electron chi connectivity index (χ0n) is 29.7. The molecule has 0 heterocycles. The van der Waals surface area contributed by atoms with Crippen molar-refractivity contribution in [3.63, 3.8) is 0 Å². The summed E-state index contributed by atoms with van der Waals surface area (Å²) in [5.41, 5.74) is 15.1. The van der Waals surface area contributed by atoms with Crippen molar-refractivity contribution in [3.8, 4) is 22.3 Å². The van der Waals surface area contributed by atoms with Crippen molar-refractivity contribution in [3.05, 3.63) is 210 Å². The van der Waals surface area contributed by atoms with E-state index in [1.54, 1.807) is 0 Å². The fraction of sp³-hybridized carbons (Fsp3) is 0.0980. The second-order valence-electron chi connectivity index (χ2n) is 14.5. The number of anilines is 3. The smallest absolute Gasteiger partial charge is 0.0465 e. The van der Waals surface area contributed by atoms with Crippen LogP contribution >= 0.6 is 0 Å². The van der Waals surface area contributed by atoms with Crippen LogP contribution in [0.5, 0.6) is 0 Å². The molecular formula is C51H41N. The maximum Gasteiger partial charge on any atom is 0.0465 e. The van der Waals surface area contributed by atoms with Gasteiger partial charge in [0.15, 0.2) is 0 Å². The van der Waals surface area contributed by atoms with Crippen molar-refractivity contribution in [2.75, 3.05) is 4.90 Å². The quantitative estimate of drug-likeness (QED) is 0.153. The molecule has 0 fully saturated rings. The molecule has 52 heavy (non-hydrogen) atoms. The van der Waals surface area contributed by atoms with E-state index in [0.717, 1.165) is 17.8 Å². The van der Waals surface area contributed by atoms with Crippen molar-refractivity contribution >= 4 is 40.0 Å². The van der Waals surface area contributed by atoms with Crippen LogP contribution in [0.15, 0.2) is 182 Å². The Kier molecular flexibility index (Phi) is 8.05. The molecule has 0 saturated heterocycles. The van der Waals surface area contributed by atoms with E-state index in [1.807, 2.05) is 0 Å². The van der Waals surface area contributed by atoms with E-state index < -0.39 is 0 Å². The Morgan fingerprint density at radius 1 is 0.558 bits per heavy atom. The molecule has 1 atom stereocenters. The highest BCUT2D eigenvalue weighted by Crippen LogP contribution is 2.51. The van der Waals surface area contributed by atoms with Gasteiger partial charge in [0.2, 0.25) is 0 Å². The predicted octanol–water partition coefficient (Wildman–Crippen LogP) is 14.1. The van der Waals surface area contributed by atoms with Crippen LogP contribution in [0.25, 0.3) is 45.2 Å². The Morgan fingerprint density at radius 3 is 1.90 bits per heavy atom. The zero-order valence-corrected chi connectivity index (χ0v) is 29.7. The van der Waals surface area contributed by atoms with Crippen LogP contribution in [0.2, 0.25) is 0 Å². The van der Waals surface area contributed by atoms with Crippen LogP contribution in [-0.4, -0.2) is 0 Å². The van der Waals surface area contributed by atoms with Gasteiger partial charge in [-0.25, -0.2) is 0 Å². The first-order valence-electron chi connectivity index (χ1n) is 18.4. The number of allylic oxidation sites excluding steroid dienone is 4. The third kappa shape index (κ3) is 5.60. The van der Waals surface area contributed by atoms with Gasteiger partial charge in [0.1, 0.15) is 0 Å². The summed E-state index contributed by atoms with van der Waals surface area (Å²) in [5.74, 6) is 0.357. The molecule has 7 aromatic rings. The standard InChI is InChI=1S/C51H41N/c1-51(2)48-34-36(27-30-45(48)46-31-29-42(35-49(46)51)52(40-21-11-5-12-22-40)41-23-13-6-14-24-41)26-28-39-20-15-25-47-43(37-16-7-3-8-17-37)32-33-44(50(39)47)38-18-9-4-10-19-38/h3-18,20-35,38H,19H2,1-2H3/b28-26+. The SMILES string of the molecule is CC1(C)c2cc(/C=C/c3cccc4c(-c5ccccc5)ccc(C5C=CC=CC5)c34)ccc2-c2ccc(N(c3ccccc3)c3ccccc3)cc21. The molecule has 0 aromatic heterocycles. The van der Waals surface area contributed by atoms with Gasteiger partial charge in [0, 0.05) is 28.4 Å². The van der Waals surface area contributed by atoms with Crippen LogP contribution < -0.4 is 4.90 Å². The van der Waals surface area contributed by atoms with Crippen molar-refractivity contribution < 1.29 is 0 Å². The first-order chi connectivity index (χ1) is 25.6. The lowest BCUT2D eigenvalue weighted by atomic mass is 9.81. The summed E-state index contributed by atoms with van der Waals surface area (Å²) < 4.78 is 0. The van der Waals surface area contributed by atoms with Gasteiger partial charge in [0.25, 0.3) is 0 Å². The molecule has 1 unspecified atom stereocenters. The topological polar surface area (TPSA) is 3.24 Å². The number of rotatable bonds is 7. The number of benzene rings is 7. The molecule has 0 spiro atoms. The van der Waals surface area contributed by atoms with Crippen LogP contribution in [0.4, 0.5) is 17.1 Å². The summed E-state index contributed by atoms with van der Waals surface area (Å²) in [6.07, 6.45) is 14.6. The predicted molar refractivity (Wildman–Crippen MR) is 223 cm³/mol. The molecule has 0 N–H and O–H groups in total. The molecule has 2 aliphatic carbocycles. The highest BCUT2D eigenvalue weighted by Gasteiger charge is 2.36. The number of hydrogen-bond donors (Lipinski definition) is 0. The van der Waals surface area contributed by atoms with Crippen molar-refractivity contribution in [2.45, 2.75) is 31.6 Å². The third-order valence-electron chi connectivity index (χ3n) is 11.0. The molecule has 9 rings (SSSR count). The van der Waals surface area contributed by atoms with Gasteiger partial charge in [-0.3, -0.25) is 0 Å². The van der Waals surface area contributed by atoms with E-state index in [2.05, 4.69) is 213 Å². The maximum absolute atomic E-state index is 2.41. The molecule has 0 aliphatic heterocycles. The van der Waals surface area contributed by atoms with Crippen LogP contribution in [0, 0.1) is 0 Å². The van der Waals surface area contributed by atoms with Gasteiger partial charge in [-0.2, -0.15) is 0 Å². The maximum atomic E-state index is 2.41. The number of hydrogen-bond acceptors (Lipinski definition) is 1. The fourth-order valence-electron chi connectivity index (χ4n) is 8.36. The molecule has 0 radical (unpaired) electrons. The molecule has 0 amide bonds. The largest absolute Gasteiger partial charge is 0.310 e. The van der Waals surface area contributed by atoms with Crippen molar-refractivity contribution in [1.29, 1.82) is 0 Å². The van der Waals surface area contributed by atoms with Crippen LogP contribution in [-0.2, 0) is 5.41 Å².